The first-order valence-electron chi connectivity index (χ1n) is 10.2. The summed E-state index contributed by atoms with van der Waals surface area (Å²) in [7, 11) is 1.65. The van der Waals surface area contributed by atoms with Gasteiger partial charge in [-0.15, -0.1) is 0 Å². The molecule has 0 radical (unpaired) electrons. The molecule has 1 amide bonds. The van der Waals surface area contributed by atoms with Gasteiger partial charge in [0, 0.05) is 25.6 Å². The molecule has 5 nitrogen and oxygen atoms in total. The van der Waals surface area contributed by atoms with Crippen molar-refractivity contribution in [2.45, 2.75) is 31.6 Å². The summed E-state index contributed by atoms with van der Waals surface area (Å²) in [4.78, 5) is 14.8. The molecule has 5 heteroatoms. The van der Waals surface area contributed by atoms with Gasteiger partial charge in [0.1, 0.15) is 5.75 Å². The molecule has 2 heterocycles. The summed E-state index contributed by atoms with van der Waals surface area (Å²) >= 11 is 0. The van der Waals surface area contributed by atoms with E-state index in [1.165, 1.54) is 5.56 Å². The predicted octanol–water partition coefficient (Wildman–Crippen LogP) is 4.68. The molecule has 2 aromatic carbocycles. The van der Waals surface area contributed by atoms with E-state index in [1.807, 2.05) is 35.2 Å². The quantitative estimate of drug-likeness (QED) is 0.634. The Labute approximate surface area is 171 Å². The van der Waals surface area contributed by atoms with Crippen molar-refractivity contribution in [2.24, 2.45) is 0 Å². The van der Waals surface area contributed by atoms with Gasteiger partial charge in [0.25, 0.3) is 5.91 Å². The number of hydrogen-bond acceptors (Lipinski definition) is 4. The van der Waals surface area contributed by atoms with Gasteiger partial charge in [-0.3, -0.25) is 4.79 Å². The van der Waals surface area contributed by atoms with Crippen molar-refractivity contribution >= 4 is 5.91 Å². The molecule has 3 aromatic rings. The number of aromatic nitrogens is 1. The van der Waals surface area contributed by atoms with Crippen LogP contribution in [0.25, 0.3) is 0 Å². The van der Waals surface area contributed by atoms with E-state index in [4.69, 9.17) is 9.26 Å². The zero-order valence-corrected chi connectivity index (χ0v) is 16.7. The van der Waals surface area contributed by atoms with Gasteiger partial charge in [-0.25, -0.2) is 0 Å². The molecule has 1 atom stereocenters. The van der Waals surface area contributed by atoms with Gasteiger partial charge in [0.2, 0.25) is 5.76 Å². The lowest BCUT2D eigenvalue weighted by Crippen LogP contribution is -2.31. The first-order valence-corrected chi connectivity index (χ1v) is 10.2. The Morgan fingerprint density at radius 3 is 2.79 bits per heavy atom. The Balaban J connectivity index is 1.39. The Bertz CT molecular complexity index is 952. The first kappa shape index (κ1) is 19.2. The lowest BCUT2D eigenvalue weighted by atomic mass is 9.92. The lowest BCUT2D eigenvalue weighted by Gasteiger charge is -2.19. The average molecular weight is 390 g/mol. The second-order valence-electron chi connectivity index (χ2n) is 7.54. The number of carbonyl (C=O) groups excluding carboxylic acids is 1. The maximum atomic E-state index is 12.9. The normalized spacial score (nSPS) is 17.0. The van der Waals surface area contributed by atoms with Gasteiger partial charge < -0.3 is 14.2 Å². The van der Waals surface area contributed by atoms with Crippen molar-refractivity contribution in [3.05, 3.63) is 83.2 Å². The number of nitrogens with zero attached hydrogens (tertiary/aromatic N) is 2. The number of carbonyl (C=O) groups is 1. The second-order valence-corrected chi connectivity index (χ2v) is 7.54. The molecule has 0 unspecified atom stereocenters. The van der Waals surface area contributed by atoms with E-state index in [9.17, 15) is 4.79 Å². The topological polar surface area (TPSA) is 55.6 Å². The van der Waals surface area contributed by atoms with E-state index in [-0.39, 0.29) is 5.91 Å². The molecule has 1 fully saturated rings. The average Bonchev–Trinajstić information content (AvgIpc) is 3.08. The number of hydrogen-bond donors (Lipinski definition) is 0. The molecule has 29 heavy (non-hydrogen) atoms. The van der Waals surface area contributed by atoms with Crippen molar-refractivity contribution in [1.29, 1.82) is 0 Å². The van der Waals surface area contributed by atoms with Crippen LogP contribution in [0.4, 0.5) is 0 Å². The van der Waals surface area contributed by atoms with Gasteiger partial charge in [0.15, 0.2) is 0 Å². The zero-order valence-electron chi connectivity index (χ0n) is 16.7. The molecule has 150 valence electrons. The van der Waals surface area contributed by atoms with Crippen LogP contribution < -0.4 is 4.74 Å². The fourth-order valence-corrected chi connectivity index (χ4v) is 4.00. The fraction of sp³-hybridized carbons (Fsp3) is 0.333. The van der Waals surface area contributed by atoms with Crippen molar-refractivity contribution < 1.29 is 14.1 Å². The van der Waals surface area contributed by atoms with E-state index >= 15 is 0 Å². The van der Waals surface area contributed by atoms with E-state index in [0.717, 1.165) is 49.4 Å². The van der Waals surface area contributed by atoms with Crippen molar-refractivity contribution in [3.63, 3.8) is 0 Å². The van der Waals surface area contributed by atoms with Crippen LogP contribution in [0.3, 0.4) is 0 Å². The molecule has 4 rings (SSSR count). The Hall–Kier alpha value is -3.08. The second kappa shape index (κ2) is 8.95. The molecule has 1 aromatic heterocycles. The molecule has 1 saturated heterocycles. The highest BCUT2D eigenvalue weighted by Crippen LogP contribution is 2.28. The Morgan fingerprint density at radius 1 is 1.10 bits per heavy atom. The SMILES string of the molecule is COc1cccc(Cc2cc(C(=O)N3CCC[C@H](c4ccccc4)CC3)on2)c1. The van der Waals surface area contributed by atoms with Crippen LogP contribution in [0.2, 0.25) is 0 Å². The molecule has 0 bridgehead atoms. The van der Waals surface area contributed by atoms with Gasteiger partial charge in [0.05, 0.1) is 12.8 Å². The van der Waals surface area contributed by atoms with Gasteiger partial charge in [-0.2, -0.15) is 0 Å². The fourth-order valence-electron chi connectivity index (χ4n) is 4.00. The number of rotatable bonds is 5. The molecule has 0 N–H and O–H groups in total. The van der Waals surface area contributed by atoms with Gasteiger partial charge in [-0.1, -0.05) is 47.6 Å². The van der Waals surface area contributed by atoms with Crippen molar-refractivity contribution in [3.8, 4) is 5.75 Å². The monoisotopic (exact) mass is 390 g/mol. The summed E-state index contributed by atoms with van der Waals surface area (Å²) in [6, 6.07) is 20.2. The zero-order chi connectivity index (χ0) is 20.1. The lowest BCUT2D eigenvalue weighted by molar-refractivity contribution is 0.0719. The summed E-state index contributed by atoms with van der Waals surface area (Å²) in [5, 5.41) is 4.11. The highest BCUT2D eigenvalue weighted by Gasteiger charge is 2.25. The number of amides is 1. The molecule has 0 saturated carbocycles. The van der Waals surface area contributed by atoms with Gasteiger partial charge >= 0.3 is 0 Å². The minimum atomic E-state index is -0.0666. The van der Waals surface area contributed by atoms with Crippen molar-refractivity contribution in [2.75, 3.05) is 20.2 Å². The number of benzene rings is 2. The summed E-state index contributed by atoms with van der Waals surface area (Å²) < 4.78 is 10.7. The van der Waals surface area contributed by atoms with E-state index < -0.39 is 0 Å². The van der Waals surface area contributed by atoms with Crippen molar-refractivity contribution in [1.82, 2.24) is 10.1 Å². The highest BCUT2D eigenvalue weighted by molar-refractivity contribution is 5.91. The highest BCUT2D eigenvalue weighted by atomic mass is 16.5. The van der Waals surface area contributed by atoms with Gasteiger partial charge in [-0.05, 0) is 48.4 Å². The molecule has 0 aliphatic carbocycles. The number of likely N-dealkylation sites (tertiary alicyclic amines) is 1. The van der Waals surface area contributed by atoms with E-state index in [0.29, 0.717) is 18.1 Å². The molecular formula is C24H26N2O3. The molecule has 0 spiro atoms. The number of ether oxygens (including phenoxy) is 1. The predicted molar refractivity (Wildman–Crippen MR) is 111 cm³/mol. The maximum absolute atomic E-state index is 12.9. The smallest absolute Gasteiger partial charge is 0.292 e. The van der Waals surface area contributed by atoms with Crippen LogP contribution in [-0.4, -0.2) is 36.2 Å². The molecular weight excluding hydrogens is 364 g/mol. The largest absolute Gasteiger partial charge is 0.497 e. The Kier molecular flexibility index (Phi) is 5.94. The summed E-state index contributed by atoms with van der Waals surface area (Å²) in [6.45, 7) is 1.50. The third kappa shape index (κ3) is 4.67. The number of methoxy groups -OCH3 is 1. The summed E-state index contributed by atoms with van der Waals surface area (Å²) in [5.41, 5.74) is 3.18. The van der Waals surface area contributed by atoms with E-state index in [2.05, 4.69) is 29.4 Å². The minimum Gasteiger partial charge on any atom is -0.497 e. The first-order chi connectivity index (χ1) is 14.2. The minimum absolute atomic E-state index is 0.0666. The summed E-state index contributed by atoms with van der Waals surface area (Å²) in [5.74, 6) is 1.57. The maximum Gasteiger partial charge on any atom is 0.292 e. The van der Waals surface area contributed by atoms with Crippen LogP contribution in [-0.2, 0) is 6.42 Å². The van der Waals surface area contributed by atoms with E-state index in [1.54, 1.807) is 13.2 Å². The van der Waals surface area contributed by atoms with Crippen LogP contribution in [0.15, 0.2) is 65.2 Å². The summed E-state index contributed by atoms with van der Waals surface area (Å²) in [6.07, 6.45) is 3.67. The van der Waals surface area contributed by atoms with Crippen LogP contribution in [0.5, 0.6) is 5.75 Å². The Morgan fingerprint density at radius 2 is 1.97 bits per heavy atom. The van der Waals surface area contributed by atoms with Crippen LogP contribution in [0, 0.1) is 0 Å². The third-order valence-electron chi connectivity index (χ3n) is 5.58. The van der Waals surface area contributed by atoms with Crippen LogP contribution in [0.1, 0.15) is 52.6 Å². The molecule has 1 aliphatic heterocycles. The molecule has 1 aliphatic rings. The third-order valence-corrected chi connectivity index (χ3v) is 5.58. The standard InChI is InChI=1S/C24H26N2O3/c1-28-22-11-5-7-18(16-22)15-21-17-23(29-25-21)24(27)26-13-6-10-20(12-14-26)19-8-3-2-4-9-19/h2-5,7-9,11,16-17,20H,6,10,12-15H2,1H3/t20-/m0/s1. The van der Waals surface area contributed by atoms with Crippen LogP contribution >= 0.6 is 0 Å².